The van der Waals surface area contributed by atoms with Gasteiger partial charge in [-0.1, -0.05) is 12.1 Å². The van der Waals surface area contributed by atoms with Crippen molar-refractivity contribution in [3.8, 4) is 0 Å². The molecule has 19 heavy (non-hydrogen) atoms. The molecule has 1 unspecified atom stereocenters. The number of carboxylic acid groups (broad SMARTS) is 1. The number of aryl methyl sites for hydroxylation is 1. The van der Waals surface area contributed by atoms with E-state index in [2.05, 4.69) is 5.32 Å². The van der Waals surface area contributed by atoms with E-state index < -0.39 is 11.7 Å². The van der Waals surface area contributed by atoms with Gasteiger partial charge in [-0.05, 0) is 24.7 Å². The smallest absolute Gasteiger partial charge is 0.419 e. The predicted octanol–water partition coefficient (Wildman–Crippen LogP) is 1.03. The maximum absolute atomic E-state index is 11.4. The van der Waals surface area contributed by atoms with Crippen LogP contribution in [0.1, 0.15) is 11.6 Å². The molecule has 0 aliphatic carbocycles. The van der Waals surface area contributed by atoms with Crippen LogP contribution < -0.4 is 11.1 Å². The van der Waals surface area contributed by atoms with E-state index in [0.717, 1.165) is 11.6 Å². The zero-order chi connectivity index (χ0) is 14.0. The van der Waals surface area contributed by atoms with E-state index in [1.807, 2.05) is 6.07 Å². The van der Waals surface area contributed by atoms with E-state index in [9.17, 15) is 9.59 Å². The van der Waals surface area contributed by atoms with Gasteiger partial charge in [0.15, 0.2) is 5.58 Å². The molecular formula is C13H14N2O4. The molecule has 0 amide bonds. The zero-order valence-corrected chi connectivity index (χ0v) is 10.6. The third-order valence-corrected chi connectivity index (χ3v) is 2.92. The number of likely N-dealkylation sites (N-methyl/N-ethyl adjacent to an activating group) is 1. The van der Waals surface area contributed by atoms with E-state index in [-0.39, 0.29) is 6.04 Å². The number of aliphatic carboxylic acids is 1. The Bertz CT molecular complexity index is 696. The van der Waals surface area contributed by atoms with Gasteiger partial charge < -0.3 is 14.8 Å². The molecule has 6 heteroatoms. The van der Waals surface area contributed by atoms with Crippen molar-refractivity contribution < 1.29 is 14.3 Å². The summed E-state index contributed by atoms with van der Waals surface area (Å²) in [4.78, 5) is 21.9. The maximum Gasteiger partial charge on any atom is 0.419 e. The van der Waals surface area contributed by atoms with Crippen LogP contribution in [0.15, 0.2) is 39.6 Å². The lowest BCUT2D eigenvalue weighted by Crippen LogP contribution is -2.14. The van der Waals surface area contributed by atoms with E-state index in [4.69, 9.17) is 9.52 Å². The topological polar surface area (TPSA) is 84.5 Å². The number of benzene rings is 1. The number of nitrogens with one attached hydrogen (secondary N) is 1. The molecule has 0 aliphatic heterocycles. The van der Waals surface area contributed by atoms with Crippen LogP contribution in [0.4, 0.5) is 0 Å². The average Bonchev–Trinajstić information content (AvgIpc) is 2.65. The molecule has 0 bridgehead atoms. The summed E-state index contributed by atoms with van der Waals surface area (Å²) in [7, 11) is 3.36. The van der Waals surface area contributed by atoms with Crippen LogP contribution in [0.5, 0.6) is 0 Å². The first kappa shape index (κ1) is 13.1. The van der Waals surface area contributed by atoms with Crippen molar-refractivity contribution in [3.63, 3.8) is 0 Å². The van der Waals surface area contributed by atoms with Gasteiger partial charge in [-0.15, -0.1) is 0 Å². The van der Waals surface area contributed by atoms with Gasteiger partial charge in [0.25, 0.3) is 0 Å². The lowest BCUT2D eigenvalue weighted by atomic mass is 10.1. The molecule has 2 N–H and O–H groups in total. The van der Waals surface area contributed by atoms with Crippen LogP contribution in [0.3, 0.4) is 0 Å². The summed E-state index contributed by atoms with van der Waals surface area (Å²) in [5, 5.41) is 11.6. The first-order chi connectivity index (χ1) is 9.02. The van der Waals surface area contributed by atoms with Gasteiger partial charge in [-0.25, -0.2) is 9.59 Å². The second-order valence-corrected chi connectivity index (χ2v) is 4.12. The molecule has 0 fully saturated rings. The van der Waals surface area contributed by atoms with Crippen LogP contribution in [-0.2, 0) is 11.8 Å². The van der Waals surface area contributed by atoms with Crippen molar-refractivity contribution in [2.75, 3.05) is 7.05 Å². The van der Waals surface area contributed by atoms with Crippen molar-refractivity contribution in [3.05, 3.63) is 46.5 Å². The third kappa shape index (κ3) is 2.58. The van der Waals surface area contributed by atoms with Crippen molar-refractivity contribution in [2.45, 2.75) is 6.04 Å². The number of hydrogen-bond donors (Lipinski definition) is 2. The van der Waals surface area contributed by atoms with E-state index >= 15 is 0 Å². The number of hydrogen-bond acceptors (Lipinski definition) is 4. The SMILES string of the molecule is CNC(/C=C/C(=O)O)c1ccc2c(c1)oc(=O)n2C. The maximum atomic E-state index is 11.4. The molecule has 0 aliphatic rings. The Labute approximate surface area is 109 Å². The normalized spacial score (nSPS) is 13.2. The van der Waals surface area contributed by atoms with Crippen LogP contribution in [-0.4, -0.2) is 22.7 Å². The molecule has 0 spiro atoms. The first-order valence-corrected chi connectivity index (χ1v) is 5.71. The summed E-state index contributed by atoms with van der Waals surface area (Å²) >= 11 is 0. The second kappa shape index (κ2) is 5.11. The minimum absolute atomic E-state index is 0.258. The van der Waals surface area contributed by atoms with Crippen molar-refractivity contribution in [1.29, 1.82) is 0 Å². The van der Waals surface area contributed by atoms with Crippen molar-refractivity contribution >= 4 is 17.1 Å². The van der Waals surface area contributed by atoms with Crippen LogP contribution in [0.2, 0.25) is 0 Å². The van der Waals surface area contributed by atoms with Gasteiger partial charge in [0, 0.05) is 13.1 Å². The first-order valence-electron chi connectivity index (χ1n) is 5.71. The minimum atomic E-state index is -1.01. The fraction of sp³-hybridized carbons (Fsp3) is 0.231. The molecule has 1 aromatic carbocycles. The molecule has 6 nitrogen and oxygen atoms in total. The molecule has 100 valence electrons. The number of rotatable bonds is 4. The van der Waals surface area contributed by atoms with Gasteiger partial charge in [0.05, 0.1) is 11.6 Å². The standard InChI is InChI=1S/C13H14N2O4/c1-14-9(4-6-12(16)17)8-3-5-10-11(7-8)19-13(18)15(10)2/h3-7,9,14H,1-2H3,(H,16,17)/b6-4+. The predicted molar refractivity (Wildman–Crippen MR) is 70.0 cm³/mol. The average molecular weight is 262 g/mol. The highest BCUT2D eigenvalue weighted by molar-refractivity contribution is 5.80. The minimum Gasteiger partial charge on any atom is -0.478 e. The van der Waals surface area contributed by atoms with Crippen molar-refractivity contribution in [1.82, 2.24) is 9.88 Å². The molecule has 2 rings (SSSR count). The molecule has 0 saturated carbocycles. The fourth-order valence-electron chi connectivity index (χ4n) is 1.90. The zero-order valence-electron chi connectivity index (χ0n) is 10.6. The Hall–Kier alpha value is -2.34. The number of oxazole rings is 1. The fourth-order valence-corrected chi connectivity index (χ4v) is 1.90. The molecule has 2 aromatic rings. The van der Waals surface area contributed by atoms with Gasteiger partial charge in [0.1, 0.15) is 0 Å². The summed E-state index contributed by atoms with van der Waals surface area (Å²) in [5.41, 5.74) is 2.00. The second-order valence-electron chi connectivity index (χ2n) is 4.12. The number of carbonyl (C=O) groups is 1. The Balaban J connectivity index is 2.44. The van der Waals surface area contributed by atoms with Gasteiger partial charge in [-0.2, -0.15) is 0 Å². The highest BCUT2D eigenvalue weighted by Crippen LogP contribution is 2.20. The highest BCUT2D eigenvalue weighted by atomic mass is 16.4. The third-order valence-electron chi connectivity index (χ3n) is 2.92. The van der Waals surface area contributed by atoms with Crippen LogP contribution >= 0.6 is 0 Å². The number of fused-ring (bicyclic) bond motifs is 1. The van der Waals surface area contributed by atoms with Crippen LogP contribution in [0.25, 0.3) is 11.1 Å². The Morgan fingerprint density at radius 3 is 2.89 bits per heavy atom. The summed E-state index contributed by atoms with van der Waals surface area (Å²) in [6, 6.07) is 5.06. The van der Waals surface area contributed by atoms with E-state index in [1.54, 1.807) is 26.2 Å². The lowest BCUT2D eigenvalue weighted by molar-refractivity contribution is -0.131. The van der Waals surface area contributed by atoms with Gasteiger partial charge in [0.2, 0.25) is 0 Å². The summed E-state index contributed by atoms with van der Waals surface area (Å²) in [5.74, 6) is -1.43. The Kier molecular flexibility index (Phi) is 3.52. The summed E-state index contributed by atoms with van der Waals surface area (Å²) in [6.45, 7) is 0. The van der Waals surface area contributed by atoms with Crippen LogP contribution in [0, 0.1) is 0 Å². The van der Waals surface area contributed by atoms with E-state index in [0.29, 0.717) is 11.1 Å². The molecular weight excluding hydrogens is 248 g/mol. The molecule has 1 atom stereocenters. The van der Waals surface area contributed by atoms with Gasteiger partial charge >= 0.3 is 11.7 Å². The summed E-state index contributed by atoms with van der Waals surface area (Å²) < 4.78 is 6.52. The monoisotopic (exact) mass is 262 g/mol. The quantitative estimate of drug-likeness (QED) is 0.804. The Morgan fingerprint density at radius 2 is 2.26 bits per heavy atom. The molecule has 0 saturated heterocycles. The number of aromatic nitrogens is 1. The Morgan fingerprint density at radius 1 is 1.53 bits per heavy atom. The lowest BCUT2D eigenvalue weighted by Gasteiger charge is -2.11. The summed E-state index contributed by atoms with van der Waals surface area (Å²) in [6.07, 6.45) is 2.61. The highest BCUT2D eigenvalue weighted by Gasteiger charge is 2.10. The molecule has 0 radical (unpaired) electrons. The molecule has 1 aromatic heterocycles. The number of nitrogens with zero attached hydrogens (tertiary/aromatic N) is 1. The van der Waals surface area contributed by atoms with Gasteiger partial charge in [-0.3, -0.25) is 4.57 Å². The van der Waals surface area contributed by atoms with Crippen molar-refractivity contribution in [2.24, 2.45) is 7.05 Å². The largest absolute Gasteiger partial charge is 0.478 e. The number of carboxylic acids is 1. The van der Waals surface area contributed by atoms with E-state index in [1.165, 1.54) is 10.6 Å². The molecule has 1 heterocycles.